The Morgan fingerprint density at radius 2 is 2.00 bits per heavy atom. The molecule has 1 N–H and O–H groups in total. The summed E-state index contributed by atoms with van der Waals surface area (Å²) < 4.78 is 2.10. The fourth-order valence-electron chi connectivity index (χ4n) is 4.18. The third-order valence-corrected chi connectivity index (χ3v) is 5.39. The van der Waals surface area contributed by atoms with E-state index < -0.39 is 0 Å². The van der Waals surface area contributed by atoms with Gasteiger partial charge in [0.1, 0.15) is 0 Å². The molecule has 2 aliphatic carbocycles. The maximum Gasteiger partial charge on any atom is 0.0995 e. The fourth-order valence-corrected chi connectivity index (χ4v) is 4.18. The molecule has 22 heavy (non-hydrogen) atoms. The van der Waals surface area contributed by atoms with E-state index in [4.69, 9.17) is 0 Å². The molecule has 0 aliphatic heterocycles. The van der Waals surface area contributed by atoms with Gasteiger partial charge < -0.3 is 5.11 Å². The summed E-state index contributed by atoms with van der Waals surface area (Å²) in [6.07, 6.45) is 15.3. The summed E-state index contributed by atoms with van der Waals surface area (Å²) in [5.41, 5.74) is 4.78. The molecule has 2 aliphatic rings. The van der Waals surface area contributed by atoms with Gasteiger partial charge in [-0.3, -0.25) is 4.40 Å². The van der Waals surface area contributed by atoms with Gasteiger partial charge in [-0.05, 0) is 55.2 Å². The monoisotopic (exact) mass is 296 g/mol. The number of imidazole rings is 1. The van der Waals surface area contributed by atoms with Gasteiger partial charge in [-0.1, -0.05) is 31.4 Å². The van der Waals surface area contributed by atoms with Crippen molar-refractivity contribution in [1.82, 2.24) is 9.38 Å². The first kappa shape index (κ1) is 14.0. The van der Waals surface area contributed by atoms with Crippen LogP contribution in [0.2, 0.25) is 0 Å². The Balaban J connectivity index is 1.81. The number of pyridine rings is 1. The van der Waals surface area contributed by atoms with Crippen LogP contribution in [0.4, 0.5) is 0 Å². The number of aromatic nitrogens is 2. The SMILES string of the molecule is OC(c1c(C2=CCCC2)ccc2cncn12)C1CCCCC1. The van der Waals surface area contributed by atoms with Crippen molar-refractivity contribution in [3.8, 4) is 0 Å². The molecule has 1 saturated carbocycles. The molecule has 2 heterocycles. The number of hydrogen-bond donors (Lipinski definition) is 1. The third-order valence-electron chi connectivity index (χ3n) is 5.39. The summed E-state index contributed by atoms with van der Waals surface area (Å²) in [5, 5.41) is 11.1. The van der Waals surface area contributed by atoms with Crippen molar-refractivity contribution in [3.63, 3.8) is 0 Å². The highest BCUT2D eigenvalue weighted by atomic mass is 16.3. The van der Waals surface area contributed by atoms with Gasteiger partial charge in [0, 0.05) is 0 Å². The lowest BCUT2D eigenvalue weighted by atomic mass is 9.82. The standard InChI is InChI=1S/C19H24N2O/c22-19(15-8-2-1-3-9-15)18-17(14-6-4-5-7-14)11-10-16-12-20-13-21(16)18/h6,10-13,15,19,22H,1-5,7-9H2. The molecule has 116 valence electrons. The van der Waals surface area contributed by atoms with Crippen molar-refractivity contribution in [3.05, 3.63) is 42.0 Å². The predicted octanol–water partition coefficient (Wildman–Crippen LogP) is 4.52. The van der Waals surface area contributed by atoms with E-state index in [9.17, 15) is 5.11 Å². The highest BCUT2D eigenvalue weighted by Crippen LogP contribution is 2.39. The van der Waals surface area contributed by atoms with Crippen molar-refractivity contribution >= 4 is 11.1 Å². The second kappa shape index (κ2) is 5.88. The summed E-state index contributed by atoms with van der Waals surface area (Å²) in [6, 6.07) is 4.31. The van der Waals surface area contributed by atoms with E-state index in [-0.39, 0.29) is 6.10 Å². The number of aliphatic hydroxyl groups excluding tert-OH is 1. The summed E-state index contributed by atoms with van der Waals surface area (Å²) >= 11 is 0. The second-order valence-corrected chi connectivity index (χ2v) is 6.79. The van der Waals surface area contributed by atoms with E-state index in [1.807, 2.05) is 12.5 Å². The Morgan fingerprint density at radius 1 is 1.14 bits per heavy atom. The van der Waals surface area contributed by atoms with Crippen molar-refractivity contribution < 1.29 is 5.11 Å². The van der Waals surface area contributed by atoms with E-state index in [0.717, 1.165) is 36.9 Å². The molecule has 0 radical (unpaired) electrons. The third kappa shape index (κ3) is 2.38. The molecular weight excluding hydrogens is 272 g/mol. The minimum absolute atomic E-state index is 0.380. The number of rotatable bonds is 3. The lowest BCUT2D eigenvalue weighted by Gasteiger charge is -2.29. The Bertz CT molecular complexity index is 695. The molecule has 1 fully saturated rings. The first-order valence-corrected chi connectivity index (χ1v) is 8.67. The lowest BCUT2D eigenvalue weighted by Crippen LogP contribution is -2.19. The van der Waals surface area contributed by atoms with Gasteiger partial charge in [0.2, 0.25) is 0 Å². The van der Waals surface area contributed by atoms with Crippen molar-refractivity contribution in [2.45, 2.75) is 57.5 Å². The van der Waals surface area contributed by atoms with Crippen LogP contribution in [0.1, 0.15) is 68.7 Å². The van der Waals surface area contributed by atoms with Crippen LogP contribution in [0.3, 0.4) is 0 Å². The van der Waals surface area contributed by atoms with Crippen LogP contribution in [-0.4, -0.2) is 14.5 Å². The minimum Gasteiger partial charge on any atom is -0.387 e. The summed E-state index contributed by atoms with van der Waals surface area (Å²) in [7, 11) is 0. The van der Waals surface area contributed by atoms with Gasteiger partial charge in [-0.15, -0.1) is 0 Å². The number of hydrogen-bond acceptors (Lipinski definition) is 2. The number of fused-ring (bicyclic) bond motifs is 1. The summed E-state index contributed by atoms with van der Waals surface area (Å²) in [6.45, 7) is 0. The maximum atomic E-state index is 11.1. The lowest BCUT2D eigenvalue weighted by molar-refractivity contribution is 0.0799. The van der Waals surface area contributed by atoms with Crippen LogP contribution in [0.25, 0.3) is 11.1 Å². The van der Waals surface area contributed by atoms with E-state index in [0.29, 0.717) is 5.92 Å². The van der Waals surface area contributed by atoms with Crippen LogP contribution in [0, 0.1) is 5.92 Å². The number of allylic oxidation sites excluding steroid dienone is 2. The zero-order valence-electron chi connectivity index (χ0n) is 13.0. The molecule has 4 rings (SSSR count). The average Bonchev–Trinajstić information content (AvgIpc) is 3.25. The molecule has 0 aromatic carbocycles. The fraction of sp³-hybridized carbons (Fsp3) is 0.526. The van der Waals surface area contributed by atoms with E-state index >= 15 is 0 Å². The van der Waals surface area contributed by atoms with Crippen molar-refractivity contribution in [2.24, 2.45) is 5.92 Å². The number of aliphatic hydroxyl groups is 1. The van der Waals surface area contributed by atoms with Gasteiger partial charge in [-0.25, -0.2) is 4.98 Å². The van der Waals surface area contributed by atoms with Crippen LogP contribution in [0.15, 0.2) is 30.7 Å². The van der Waals surface area contributed by atoms with Gasteiger partial charge in [0.25, 0.3) is 0 Å². The van der Waals surface area contributed by atoms with E-state index in [1.165, 1.54) is 36.8 Å². The minimum atomic E-state index is -0.380. The van der Waals surface area contributed by atoms with E-state index in [1.54, 1.807) is 0 Å². The normalized spacial score (nSPS) is 21.2. The topological polar surface area (TPSA) is 37.5 Å². The van der Waals surface area contributed by atoms with Gasteiger partial charge in [0.15, 0.2) is 0 Å². The molecule has 0 spiro atoms. The molecule has 1 atom stereocenters. The Labute approximate surface area is 131 Å². The molecule has 0 bridgehead atoms. The largest absolute Gasteiger partial charge is 0.387 e. The van der Waals surface area contributed by atoms with Crippen LogP contribution < -0.4 is 0 Å². The van der Waals surface area contributed by atoms with Crippen LogP contribution in [-0.2, 0) is 0 Å². The molecule has 0 amide bonds. The Morgan fingerprint density at radius 3 is 2.77 bits per heavy atom. The van der Waals surface area contributed by atoms with Crippen LogP contribution >= 0.6 is 0 Å². The number of nitrogens with zero attached hydrogens (tertiary/aromatic N) is 2. The first-order chi connectivity index (χ1) is 10.8. The predicted molar refractivity (Wildman–Crippen MR) is 88.6 cm³/mol. The Kier molecular flexibility index (Phi) is 3.75. The maximum absolute atomic E-state index is 11.1. The van der Waals surface area contributed by atoms with Crippen molar-refractivity contribution in [1.29, 1.82) is 0 Å². The first-order valence-electron chi connectivity index (χ1n) is 8.67. The molecule has 3 nitrogen and oxygen atoms in total. The highest BCUT2D eigenvalue weighted by Gasteiger charge is 2.28. The summed E-state index contributed by atoms with van der Waals surface area (Å²) in [5.74, 6) is 0.391. The van der Waals surface area contributed by atoms with Gasteiger partial charge in [-0.2, -0.15) is 0 Å². The van der Waals surface area contributed by atoms with Gasteiger partial charge in [0.05, 0.1) is 29.8 Å². The average molecular weight is 296 g/mol. The molecule has 1 unspecified atom stereocenters. The zero-order chi connectivity index (χ0) is 14.9. The van der Waals surface area contributed by atoms with E-state index in [2.05, 4.69) is 27.6 Å². The smallest absolute Gasteiger partial charge is 0.0995 e. The Hall–Kier alpha value is -1.61. The summed E-state index contributed by atoms with van der Waals surface area (Å²) in [4.78, 5) is 4.29. The van der Waals surface area contributed by atoms with Gasteiger partial charge >= 0.3 is 0 Å². The van der Waals surface area contributed by atoms with Crippen molar-refractivity contribution in [2.75, 3.05) is 0 Å². The molecule has 2 aromatic rings. The molecular formula is C19H24N2O. The molecule has 0 saturated heterocycles. The zero-order valence-corrected chi connectivity index (χ0v) is 13.0. The second-order valence-electron chi connectivity index (χ2n) is 6.79. The highest BCUT2D eigenvalue weighted by molar-refractivity contribution is 5.71. The molecule has 3 heteroatoms. The van der Waals surface area contributed by atoms with Crippen LogP contribution in [0.5, 0.6) is 0 Å². The molecule has 2 aromatic heterocycles. The quantitative estimate of drug-likeness (QED) is 0.904.